The quantitative estimate of drug-likeness (QED) is 0.721. The molecule has 4 saturated carbocycles. The number of carbonyl (C=O) groups excluding carboxylic acids is 1. The van der Waals surface area contributed by atoms with Crippen LogP contribution in [0.25, 0.3) is 0 Å². The molecule has 0 aromatic heterocycles. The van der Waals surface area contributed by atoms with Crippen molar-refractivity contribution in [1.29, 1.82) is 0 Å². The van der Waals surface area contributed by atoms with Gasteiger partial charge in [-0.3, -0.25) is 4.79 Å². The summed E-state index contributed by atoms with van der Waals surface area (Å²) in [6.45, 7) is 9.16. The first-order valence-corrected chi connectivity index (χ1v) is 11.1. The molecule has 0 amide bonds. The number of hydrogen-bond donors (Lipinski definition) is 1. The van der Waals surface area contributed by atoms with Crippen molar-refractivity contribution in [3.8, 4) is 0 Å². The summed E-state index contributed by atoms with van der Waals surface area (Å²) in [5.41, 5.74) is -0.0877. The first kappa shape index (κ1) is 19.6. The van der Waals surface area contributed by atoms with E-state index in [1.54, 1.807) is 13.2 Å². The zero-order valence-electron chi connectivity index (χ0n) is 17.5. The fraction of sp³-hybridized carbons (Fsp3) is 0.875. The molecule has 1 N–H and O–H groups in total. The van der Waals surface area contributed by atoms with Gasteiger partial charge < -0.3 is 9.84 Å². The van der Waals surface area contributed by atoms with Gasteiger partial charge in [-0.25, -0.2) is 0 Å². The smallest absolute Gasteiger partial charge is 0.158 e. The minimum Gasteiger partial charge on any atom is -0.387 e. The summed E-state index contributed by atoms with van der Waals surface area (Å²) < 4.78 is 5.33. The van der Waals surface area contributed by atoms with Gasteiger partial charge in [0.15, 0.2) is 5.78 Å². The number of methoxy groups -OCH3 is 1. The second kappa shape index (κ2) is 6.69. The molecule has 4 fully saturated rings. The van der Waals surface area contributed by atoms with Crippen LogP contribution in [0, 0.1) is 40.4 Å². The predicted octanol–water partition coefficient (Wildman–Crippen LogP) is 4.78. The molecule has 0 saturated heterocycles. The zero-order chi connectivity index (χ0) is 19.4. The van der Waals surface area contributed by atoms with E-state index in [1.165, 1.54) is 32.1 Å². The van der Waals surface area contributed by atoms with Crippen LogP contribution in [0.15, 0.2) is 12.7 Å². The Hall–Kier alpha value is -0.670. The largest absolute Gasteiger partial charge is 0.387 e. The number of ketones is 1. The highest BCUT2D eigenvalue weighted by molar-refractivity contribution is 5.92. The minimum atomic E-state index is -0.621. The average Bonchev–Trinajstić information content (AvgIpc) is 2.99. The number of ether oxygens (including phenoxy) is 1. The first-order valence-electron chi connectivity index (χ1n) is 11.1. The highest BCUT2D eigenvalue weighted by atomic mass is 16.5. The maximum absolute atomic E-state index is 12.5. The lowest BCUT2D eigenvalue weighted by atomic mass is 9.44. The van der Waals surface area contributed by atoms with Crippen molar-refractivity contribution in [3.05, 3.63) is 12.7 Å². The fourth-order valence-electron chi connectivity index (χ4n) is 8.33. The van der Waals surface area contributed by atoms with E-state index < -0.39 is 5.60 Å². The molecule has 3 nitrogen and oxygen atoms in total. The van der Waals surface area contributed by atoms with E-state index in [1.807, 2.05) is 0 Å². The lowest BCUT2D eigenvalue weighted by Gasteiger charge is -2.62. The zero-order valence-corrected chi connectivity index (χ0v) is 17.5. The standard InChI is InChI=1S/C24H38O3/c1-5-21(25)20-9-8-18-17-7-6-16-14-24(26,15-27-4)13-12-22(16,2)19(17)10-11-23(18,20)3/h5,16-20,26H,1,6-15H2,2-4H3/t16-,17+,18+,19+,20-,22+,23+,24-/m1/s1. The minimum absolute atomic E-state index is 0.182. The third-order valence-electron chi connectivity index (χ3n) is 9.78. The number of hydrogen-bond acceptors (Lipinski definition) is 3. The van der Waals surface area contributed by atoms with Gasteiger partial charge in [-0.1, -0.05) is 20.4 Å². The van der Waals surface area contributed by atoms with Gasteiger partial charge in [0.25, 0.3) is 0 Å². The summed E-state index contributed by atoms with van der Waals surface area (Å²) in [6, 6.07) is 0. The van der Waals surface area contributed by atoms with Crippen LogP contribution in [0.2, 0.25) is 0 Å². The molecule has 0 unspecified atom stereocenters. The molecule has 0 bridgehead atoms. The molecule has 3 heteroatoms. The van der Waals surface area contributed by atoms with Gasteiger partial charge in [-0.05, 0) is 98.4 Å². The van der Waals surface area contributed by atoms with Gasteiger partial charge in [0, 0.05) is 13.0 Å². The maximum atomic E-state index is 12.5. The van der Waals surface area contributed by atoms with Gasteiger partial charge in [0.2, 0.25) is 0 Å². The van der Waals surface area contributed by atoms with Crippen molar-refractivity contribution in [2.45, 2.75) is 77.2 Å². The molecule has 0 aliphatic heterocycles. The van der Waals surface area contributed by atoms with Crippen molar-refractivity contribution in [2.24, 2.45) is 40.4 Å². The first-order chi connectivity index (χ1) is 12.8. The molecular weight excluding hydrogens is 336 g/mol. The molecule has 0 heterocycles. The van der Waals surface area contributed by atoms with Crippen LogP contribution in [0.3, 0.4) is 0 Å². The maximum Gasteiger partial charge on any atom is 0.158 e. The molecule has 4 rings (SSSR count). The Morgan fingerprint density at radius 3 is 2.52 bits per heavy atom. The molecule has 4 aliphatic rings. The molecule has 4 aliphatic carbocycles. The van der Waals surface area contributed by atoms with E-state index in [9.17, 15) is 9.90 Å². The summed E-state index contributed by atoms with van der Waals surface area (Å²) >= 11 is 0. The Kier molecular flexibility index (Phi) is 4.87. The lowest BCUT2D eigenvalue weighted by Crippen LogP contribution is -2.56. The second-order valence-corrected chi connectivity index (χ2v) is 10.8. The van der Waals surface area contributed by atoms with Gasteiger partial charge >= 0.3 is 0 Å². The molecule has 8 atom stereocenters. The van der Waals surface area contributed by atoms with Crippen LogP contribution in [0.1, 0.15) is 71.6 Å². The fourth-order valence-corrected chi connectivity index (χ4v) is 8.33. The van der Waals surface area contributed by atoms with Crippen LogP contribution in [-0.4, -0.2) is 30.2 Å². The molecule has 27 heavy (non-hydrogen) atoms. The van der Waals surface area contributed by atoms with Crippen LogP contribution < -0.4 is 0 Å². The molecule has 0 spiro atoms. The summed E-state index contributed by atoms with van der Waals surface area (Å²) in [7, 11) is 1.70. The van der Waals surface area contributed by atoms with Gasteiger partial charge in [0.1, 0.15) is 0 Å². The summed E-state index contributed by atoms with van der Waals surface area (Å²) in [6.07, 6.45) is 11.7. The van der Waals surface area contributed by atoms with Crippen molar-refractivity contribution in [1.82, 2.24) is 0 Å². The van der Waals surface area contributed by atoms with Crippen molar-refractivity contribution in [2.75, 3.05) is 13.7 Å². The number of allylic oxidation sites excluding steroid dienone is 1. The summed E-state index contributed by atoms with van der Waals surface area (Å²) in [5, 5.41) is 11.0. The average molecular weight is 375 g/mol. The Labute approximate surface area is 164 Å². The molecule has 0 aromatic rings. The van der Waals surface area contributed by atoms with Crippen LogP contribution in [0.5, 0.6) is 0 Å². The molecular formula is C24H38O3. The Balaban J connectivity index is 1.56. The number of aliphatic hydroxyl groups is 1. The third-order valence-corrected chi connectivity index (χ3v) is 9.78. The van der Waals surface area contributed by atoms with Gasteiger partial charge in [0.05, 0.1) is 12.2 Å². The van der Waals surface area contributed by atoms with E-state index in [2.05, 4.69) is 20.4 Å². The Bertz CT molecular complexity index is 615. The molecule has 152 valence electrons. The number of carbonyl (C=O) groups is 1. The van der Waals surface area contributed by atoms with E-state index in [0.29, 0.717) is 23.9 Å². The predicted molar refractivity (Wildman–Crippen MR) is 107 cm³/mol. The van der Waals surface area contributed by atoms with Crippen LogP contribution in [-0.2, 0) is 9.53 Å². The Morgan fingerprint density at radius 1 is 1.07 bits per heavy atom. The molecule has 0 aromatic carbocycles. The molecule has 0 radical (unpaired) electrons. The van der Waals surface area contributed by atoms with Crippen LogP contribution in [0.4, 0.5) is 0 Å². The Morgan fingerprint density at radius 2 is 1.81 bits per heavy atom. The van der Waals surface area contributed by atoms with E-state index in [-0.39, 0.29) is 17.1 Å². The van der Waals surface area contributed by atoms with E-state index in [0.717, 1.165) is 37.5 Å². The summed E-state index contributed by atoms with van der Waals surface area (Å²) in [5.74, 6) is 3.32. The monoisotopic (exact) mass is 374 g/mol. The number of rotatable bonds is 4. The summed E-state index contributed by atoms with van der Waals surface area (Å²) in [4.78, 5) is 12.5. The van der Waals surface area contributed by atoms with Gasteiger partial charge in [-0.15, -0.1) is 0 Å². The second-order valence-electron chi connectivity index (χ2n) is 10.8. The van der Waals surface area contributed by atoms with Crippen molar-refractivity contribution < 1.29 is 14.6 Å². The normalized spacial score (nSPS) is 51.8. The highest BCUT2D eigenvalue weighted by Gasteiger charge is 2.61. The van der Waals surface area contributed by atoms with E-state index in [4.69, 9.17) is 4.74 Å². The third kappa shape index (κ3) is 2.87. The van der Waals surface area contributed by atoms with Crippen molar-refractivity contribution >= 4 is 5.78 Å². The van der Waals surface area contributed by atoms with E-state index >= 15 is 0 Å². The van der Waals surface area contributed by atoms with Crippen LogP contribution >= 0.6 is 0 Å². The number of fused-ring (bicyclic) bond motifs is 5. The lowest BCUT2D eigenvalue weighted by molar-refractivity contribution is -0.163. The SMILES string of the molecule is C=CC(=O)[C@H]1CC[C@H]2[C@@H]3CC[C@@H]4C[C@@](O)(COC)CC[C@]4(C)[C@H]3CC[C@]12C. The highest BCUT2D eigenvalue weighted by Crippen LogP contribution is 2.68. The van der Waals surface area contributed by atoms with Crippen molar-refractivity contribution in [3.63, 3.8) is 0 Å². The van der Waals surface area contributed by atoms with Gasteiger partial charge in [-0.2, -0.15) is 0 Å². The topological polar surface area (TPSA) is 46.5 Å².